The normalized spacial score (nSPS) is 12.3. The number of para-hydroxylation sites is 1. The van der Waals surface area contributed by atoms with Gasteiger partial charge in [0, 0.05) is 10.4 Å². The predicted molar refractivity (Wildman–Crippen MR) is 87.9 cm³/mol. The Labute approximate surface area is 133 Å². The smallest absolute Gasteiger partial charge is 0.224 e. The number of rotatable bonds is 4. The molecule has 0 aliphatic rings. The Morgan fingerprint density at radius 1 is 1.18 bits per heavy atom. The van der Waals surface area contributed by atoms with Gasteiger partial charge in [0.05, 0.1) is 12.5 Å². The van der Waals surface area contributed by atoms with Gasteiger partial charge in [0.1, 0.15) is 11.3 Å². The van der Waals surface area contributed by atoms with Gasteiger partial charge in [-0.15, -0.1) is 0 Å². The number of hydrogen-bond donors (Lipinski definition) is 1. The Balaban J connectivity index is 1.66. The number of furan rings is 1. The first-order chi connectivity index (χ1) is 10.6. The molecule has 0 unspecified atom stereocenters. The molecule has 0 bridgehead atoms. The molecule has 1 heterocycles. The standard InChI is InChI=1S/C18H16ClNO2/c1-12(17-11-14-4-2-3-5-16(14)22-17)20-18(21)10-13-6-8-15(19)9-7-13/h2-9,11-12H,10H2,1H3,(H,20,21)/t12-/m0/s1. The maximum atomic E-state index is 12.1. The fourth-order valence-corrected chi connectivity index (χ4v) is 2.49. The van der Waals surface area contributed by atoms with Crippen LogP contribution in [-0.4, -0.2) is 5.91 Å². The van der Waals surface area contributed by atoms with E-state index in [0.717, 1.165) is 22.3 Å². The van der Waals surface area contributed by atoms with Crippen LogP contribution >= 0.6 is 11.6 Å². The van der Waals surface area contributed by atoms with Crippen molar-refractivity contribution in [1.29, 1.82) is 0 Å². The van der Waals surface area contributed by atoms with Gasteiger partial charge in [-0.25, -0.2) is 0 Å². The summed E-state index contributed by atoms with van der Waals surface area (Å²) in [6, 6.07) is 16.9. The second kappa shape index (κ2) is 6.24. The molecule has 0 saturated carbocycles. The number of hydrogen-bond acceptors (Lipinski definition) is 2. The van der Waals surface area contributed by atoms with Crippen molar-refractivity contribution in [3.63, 3.8) is 0 Å². The summed E-state index contributed by atoms with van der Waals surface area (Å²) < 4.78 is 5.76. The number of amides is 1. The molecule has 0 aliphatic heterocycles. The highest BCUT2D eigenvalue weighted by atomic mass is 35.5. The summed E-state index contributed by atoms with van der Waals surface area (Å²) in [6.07, 6.45) is 0.321. The fourth-order valence-electron chi connectivity index (χ4n) is 2.37. The highest BCUT2D eigenvalue weighted by Crippen LogP contribution is 2.23. The van der Waals surface area contributed by atoms with Crippen molar-refractivity contribution in [2.24, 2.45) is 0 Å². The lowest BCUT2D eigenvalue weighted by Crippen LogP contribution is -2.27. The SMILES string of the molecule is C[C@H](NC(=O)Cc1ccc(Cl)cc1)c1cc2ccccc2o1. The topological polar surface area (TPSA) is 42.2 Å². The Morgan fingerprint density at radius 3 is 2.64 bits per heavy atom. The lowest BCUT2D eigenvalue weighted by Gasteiger charge is -2.11. The van der Waals surface area contributed by atoms with Crippen LogP contribution in [0.3, 0.4) is 0 Å². The molecule has 0 spiro atoms. The molecule has 2 aromatic carbocycles. The van der Waals surface area contributed by atoms with Crippen LogP contribution in [0.25, 0.3) is 11.0 Å². The Hall–Kier alpha value is -2.26. The number of nitrogens with one attached hydrogen (secondary N) is 1. The van der Waals surface area contributed by atoms with Crippen molar-refractivity contribution in [1.82, 2.24) is 5.32 Å². The summed E-state index contributed by atoms with van der Waals surface area (Å²) in [7, 11) is 0. The van der Waals surface area contributed by atoms with E-state index >= 15 is 0 Å². The van der Waals surface area contributed by atoms with Gasteiger partial charge < -0.3 is 9.73 Å². The fraction of sp³-hybridized carbons (Fsp3) is 0.167. The van der Waals surface area contributed by atoms with Gasteiger partial charge in [-0.05, 0) is 36.8 Å². The number of fused-ring (bicyclic) bond motifs is 1. The zero-order valence-corrected chi connectivity index (χ0v) is 12.9. The van der Waals surface area contributed by atoms with Crippen molar-refractivity contribution in [2.45, 2.75) is 19.4 Å². The summed E-state index contributed by atoms with van der Waals surface area (Å²) in [5, 5.41) is 4.66. The first kappa shape index (κ1) is 14.7. The molecule has 1 atom stereocenters. The van der Waals surface area contributed by atoms with Gasteiger partial charge in [0.15, 0.2) is 0 Å². The minimum atomic E-state index is -0.174. The van der Waals surface area contributed by atoms with Crippen molar-refractivity contribution < 1.29 is 9.21 Å². The molecule has 3 aromatic rings. The van der Waals surface area contributed by atoms with Crippen molar-refractivity contribution in [3.8, 4) is 0 Å². The zero-order valence-electron chi connectivity index (χ0n) is 12.2. The lowest BCUT2D eigenvalue weighted by atomic mass is 10.1. The van der Waals surface area contributed by atoms with Crippen LogP contribution in [-0.2, 0) is 11.2 Å². The molecule has 0 saturated heterocycles. The first-order valence-electron chi connectivity index (χ1n) is 7.14. The summed E-state index contributed by atoms with van der Waals surface area (Å²) in [4.78, 5) is 12.1. The minimum absolute atomic E-state index is 0.0460. The first-order valence-corrected chi connectivity index (χ1v) is 7.52. The van der Waals surface area contributed by atoms with Gasteiger partial charge in [-0.2, -0.15) is 0 Å². The maximum Gasteiger partial charge on any atom is 0.224 e. The lowest BCUT2D eigenvalue weighted by molar-refractivity contribution is -0.121. The van der Waals surface area contributed by atoms with Crippen LogP contribution in [0, 0.1) is 0 Å². The van der Waals surface area contributed by atoms with E-state index in [1.165, 1.54) is 0 Å². The van der Waals surface area contributed by atoms with Gasteiger partial charge in [0.2, 0.25) is 5.91 Å². The highest BCUT2D eigenvalue weighted by molar-refractivity contribution is 6.30. The Kier molecular flexibility index (Phi) is 4.16. The van der Waals surface area contributed by atoms with E-state index < -0.39 is 0 Å². The molecule has 0 fully saturated rings. The molecule has 22 heavy (non-hydrogen) atoms. The van der Waals surface area contributed by atoms with Crippen LogP contribution < -0.4 is 5.32 Å². The molecule has 1 N–H and O–H groups in total. The monoisotopic (exact) mass is 313 g/mol. The molecular weight excluding hydrogens is 298 g/mol. The van der Waals surface area contributed by atoms with Crippen molar-refractivity contribution in [3.05, 3.63) is 70.9 Å². The quantitative estimate of drug-likeness (QED) is 0.770. The molecule has 0 aliphatic carbocycles. The van der Waals surface area contributed by atoms with Crippen LogP contribution in [0.1, 0.15) is 24.3 Å². The Morgan fingerprint density at radius 2 is 1.91 bits per heavy atom. The highest BCUT2D eigenvalue weighted by Gasteiger charge is 2.14. The molecular formula is C18H16ClNO2. The molecule has 112 valence electrons. The summed E-state index contributed by atoms with van der Waals surface area (Å²) >= 11 is 5.84. The van der Waals surface area contributed by atoms with Crippen LogP contribution in [0.15, 0.2) is 59.0 Å². The summed E-state index contributed by atoms with van der Waals surface area (Å²) in [5.74, 6) is 0.709. The summed E-state index contributed by atoms with van der Waals surface area (Å²) in [5.41, 5.74) is 1.76. The van der Waals surface area contributed by atoms with Crippen molar-refractivity contribution in [2.75, 3.05) is 0 Å². The third kappa shape index (κ3) is 3.31. The number of halogens is 1. The van der Waals surface area contributed by atoms with Gasteiger partial charge >= 0.3 is 0 Å². The molecule has 3 nitrogen and oxygen atoms in total. The second-order valence-corrected chi connectivity index (χ2v) is 5.72. The van der Waals surface area contributed by atoms with E-state index in [-0.39, 0.29) is 11.9 Å². The Bertz CT molecular complexity index is 759. The summed E-state index contributed by atoms with van der Waals surface area (Å²) in [6.45, 7) is 1.91. The van der Waals surface area contributed by atoms with Gasteiger partial charge in [-0.1, -0.05) is 41.9 Å². The van der Waals surface area contributed by atoms with Crippen LogP contribution in [0.2, 0.25) is 5.02 Å². The van der Waals surface area contributed by atoms with Crippen LogP contribution in [0.4, 0.5) is 0 Å². The van der Waals surface area contributed by atoms with E-state index in [1.54, 1.807) is 12.1 Å². The maximum absolute atomic E-state index is 12.1. The third-order valence-electron chi connectivity index (χ3n) is 3.53. The minimum Gasteiger partial charge on any atom is -0.459 e. The predicted octanol–water partition coefficient (Wildman–Crippen LogP) is 4.51. The molecule has 4 heteroatoms. The van der Waals surface area contributed by atoms with E-state index in [4.69, 9.17) is 16.0 Å². The third-order valence-corrected chi connectivity index (χ3v) is 3.78. The van der Waals surface area contributed by atoms with Crippen LogP contribution in [0.5, 0.6) is 0 Å². The number of carbonyl (C=O) groups excluding carboxylic acids is 1. The molecule has 1 amide bonds. The number of carbonyl (C=O) groups is 1. The molecule has 3 rings (SSSR count). The average Bonchev–Trinajstić information content (AvgIpc) is 2.93. The van der Waals surface area contributed by atoms with E-state index in [1.807, 2.05) is 49.4 Å². The van der Waals surface area contributed by atoms with E-state index in [0.29, 0.717) is 11.4 Å². The largest absolute Gasteiger partial charge is 0.459 e. The average molecular weight is 314 g/mol. The van der Waals surface area contributed by atoms with Gasteiger partial charge in [0.25, 0.3) is 0 Å². The van der Waals surface area contributed by atoms with Crippen molar-refractivity contribution >= 4 is 28.5 Å². The van der Waals surface area contributed by atoms with E-state index in [9.17, 15) is 4.79 Å². The van der Waals surface area contributed by atoms with Gasteiger partial charge in [-0.3, -0.25) is 4.79 Å². The number of benzene rings is 2. The zero-order chi connectivity index (χ0) is 15.5. The molecule has 0 radical (unpaired) electrons. The van der Waals surface area contributed by atoms with E-state index in [2.05, 4.69) is 5.32 Å². The molecule has 1 aromatic heterocycles. The second-order valence-electron chi connectivity index (χ2n) is 5.28.